The second-order valence-corrected chi connectivity index (χ2v) is 1.87. The summed E-state index contributed by atoms with van der Waals surface area (Å²) in [5.41, 5.74) is 0.938. The van der Waals surface area contributed by atoms with Gasteiger partial charge in [-0.3, -0.25) is 0 Å². The fourth-order valence-corrected chi connectivity index (χ4v) is 0.511. The van der Waals surface area contributed by atoms with Crippen molar-refractivity contribution in [3.63, 3.8) is 0 Å². The molecule has 0 saturated heterocycles. The maximum atomic E-state index is 5.19. The van der Waals surface area contributed by atoms with E-state index < -0.39 is 0 Å². The molecule has 0 atom stereocenters. The Labute approximate surface area is 184 Å². The Morgan fingerprint density at radius 1 is 0.667 bits per heavy atom. The molecule has 0 unspecified atom stereocenters. The standard InChI is InChI=1S/C8H6.C4H4.5C2H6.2W/c1-2-8-6-4-3-5-7-8;1-3-4-2;5*1-2;;/h1-6H;1-4H;5*1-2H3;;/q2*-2;;;;;;2*+2. The van der Waals surface area contributed by atoms with E-state index in [1.54, 1.807) is 0 Å². The van der Waals surface area contributed by atoms with Gasteiger partial charge in [-0.2, -0.15) is 12.1 Å². The maximum Gasteiger partial charge on any atom is 2.00 e. The largest absolute Gasteiger partial charge is 2.00 e. The Hall–Kier alpha value is -0.183. The van der Waals surface area contributed by atoms with Crippen molar-refractivity contribution in [3.8, 4) is 0 Å². The number of hydrogen-bond acceptors (Lipinski definition) is 0. The molecule has 2 heteroatoms. The van der Waals surface area contributed by atoms with Crippen LogP contribution in [0, 0.1) is 25.8 Å². The Morgan fingerprint density at radius 3 is 1.12 bits per heavy atom. The summed E-state index contributed by atoms with van der Waals surface area (Å²) in [6.45, 7) is 34.6. The van der Waals surface area contributed by atoms with E-state index in [4.69, 9.17) is 19.7 Å². The molecule has 0 aliphatic carbocycles. The topological polar surface area (TPSA) is 0 Å². The van der Waals surface area contributed by atoms with Crippen LogP contribution >= 0.6 is 0 Å². The minimum atomic E-state index is 0. The van der Waals surface area contributed by atoms with Gasteiger partial charge in [0.1, 0.15) is 0 Å². The average molecular weight is 672 g/mol. The van der Waals surface area contributed by atoms with Crippen LogP contribution in [0.4, 0.5) is 0 Å². The van der Waals surface area contributed by atoms with Gasteiger partial charge in [-0.1, -0.05) is 69.2 Å². The van der Waals surface area contributed by atoms with E-state index in [1.807, 2.05) is 93.5 Å². The van der Waals surface area contributed by atoms with Gasteiger partial charge in [0, 0.05) is 0 Å². The monoisotopic (exact) mass is 672 g/mol. The Morgan fingerprint density at radius 2 is 1.00 bits per heavy atom. The van der Waals surface area contributed by atoms with Crippen molar-refractivity contribution >= 4 is 6.08 Å². The van der Waals surface area contributed by atoms with Crippen molar-refractivity contribution in [1.29, 1.82) is 0 Å². The van der Waals surface area contributed by atoms with E-state index in [2.05, 4.69) is 6.07 Å². The smallest absolute Gasteiger partial charge is 0.394 e. The molecule has 0 aromatic heterocycles. The van der Waals surface area contributed by atoms with E-state index in [0.717, 1.165) is 5.56 Å². The first-order valence-electron chi connectivity index (χ1n) is 8.45. The summed E-state index contributed by atoms with van der Waals surface area (Å²) in [6, 6.07) is 10.5. The number of hydrogen-bond donors (Lipinski definition) is 0. The summed E-state index contributed by atoms with van der Waals surface area (Å²) >= 11 is 0. The van der Waals surface area contributed by atoms with Crippen molar-refractivity contribution < 1.29 is 42.1 Å². The summed E-state index contributed by atoms with van der Waals surface area (Å²) < 4.78 is 0. The first-order chi connectivity index (χ1) is 10.8. The van der Waals surface area contributed by atoms with Gasteiger partial charge in [-0.15, -0.1) is 6.07 Å². The van der Waals surface area contributed by atoms with Crippen LogP contribution < -0.4 is 0 Å². The summed E-state index contributed by atoms with van der Waals surface area (Å²) in [5, 5.41) is 0. The van der Waals surface area contributed by atoms with Gasteiger partial charge in [0.15, 0.2) is 0 Å². The summed E-state index contributed by atoms with van der Waals surface area (Å²) in [4.78, 5) is 0. The quantitative estimate of drug-likeness (QED) is 0.221. The maximum absolute atomic E-state index is 5.19. The molecule has 0 aliphatic rings. The number of allylic oxidation sites excluding steroid dienone is 2. The van der Waals surface area contributed by atoms with Crippen molar-refractivity contribution in [2.24, 2.45) is 0 Å². The van der Waals surface area contributed by atoms with Crippen LogP contribution in [0.15, 0.2) is 36.4 Å². The summed E-state index contributed by atoms with van der Waals surface area (Å²) in [6.07, 6.45) is 4.08. The van der Waals surface area contributed by atoms with Crippen molar-refractivity contribution in [3.05, 3.63) is 67.8 Å². The van der Waals surface area contributed by atoms with Gasteiger partial charge in [0.2, 0.25) is 0 Å². The number of benzene rings is 1. The van der Waals surface area contributed by atoms with Crippen LogP contribution in [0.3, 0.4) is 0 Å². The third-order valence-electron chi connectivity index (χ3n) is 1.02. The minimum absolute atomic E-state index is 0. The molecule has 0 heterocycles. The van der Waals surface area contributed by atoms with E-state index in [1.165, 1.54) is 18.2 Å². The normalized spacial score (nSPS) is 4.92. The van der Waals surface area contributed by atoms with Gasteiger partial charge in [0.05, 0.1) is 0 Å². The van der Waals surface area contributed by atoms with Crippen LogP contribution in [0.2, 0.25) is 0 Å². The summed E-state index contributed by atoms with van der Waals surface area (Å²) in [7, 11) is 0. The molecule has 0 radical (unpaired) electrons. The van der Waals surface area contributed by atoms with Crippen LogP contribution in [-0.4, -0.2) is 0 Å². The molecule has 140 valence electrons. The van der Waals surface area contributed by atoms with Gasteiger partial charge in [-0.25, -0.2) is 12.1 Å². The molecule has 1 rings (SSSR count). The zero-order chi connectivity index (χ0) is 19.2. The van der Waals surface area contributed by atoms with E-state index in [9.17, 15) is 0 Å². The average Bonchev–Trinajstić information content (AvgIpc) is 2.70. The zero-order valence-corrected chi connectivity index (χ0v) is 23.5. The predicted octanol–water partition coefficient (Wildman–Crippen LogP) is 8.02. The van der Waals surface area contributed by atoms with Crippen LogP contribution in [0.25, 0.3) is 6.08 Å². The summed E-state index contributed by atoms with van der Waals surface area (Å²) in [5.74, 6) is 0. The van der Waals surface area contributed by atoms with E-state index >= 15 is 0 Å². The third kappa shape index (κ3) is 80.8. The minimum Gasteiger partial charge on any atom is -0.394 e. The predicted molar refractivity (Wildman–Crippen MR) is 109 cm³/mol. The fourth-order valence-electron chi connectivity index (χ4n) is 0.511. The molecule has 1 aromatic rings. The van der Waals surface area contributed by atoms with Gasteiger partial charge in [0.25, 0.3) is 0 Å². The Kier molecular flexibility index (Phi) is 192. The molecule has 0 amide bonds. The van der Waals surface area contributed by atoms with Crippen LogP contribution in [-0.2, 0) is 42.1 Å². The molecule has 1 aromatic carbocycles. The second kappa shape index (κ2) is 92.8. The van der Waals surface area contributed by atoms with Crippen LogP contribution in [0.1, 0.15) is 74.8 Å². The third-order valence-corrected chi connectivity index (χ3v) is 1.02. The van der Waals surface area contributed by atoms with Gasteiger partial charge in [-0.05, 0) is 0 Å². The Balaban J connectivity index is -0.0000000234. The Bertz CT molecular complexity index is 235. The first kappa shape index (κ1) is 49.6. The molecule has 0 bridgehead atoms. The SMILES string of the molecule is CC.CC.CC.CC.CC.[CH-]=CC=[CH-].[CH-]=Cc1[c-]cccc1.[W+2].[W+2]. The molecule has 0 saturated carbocycles. The van der Waals surface area contributed by atoms with Gasteiger partial charge >= 0.3 is 42.1 Å². The molecular formula is C22H40W2. The van der Waals surface area contributed by atoms with Crippen molar-refractivity contribution in [1.82, 2.24) is 0 Å². The van der Waals surface area contributed by atoms with Gasteiger partial charge < -0.3 is 43.5 Å². The number of rotatable bonds is 2. The molecule has 0 N–H and O–H groups in total. The molecule has 24 heavy (non-hydrogen) atoms. The van der Waals surface area contributed by atoms with Crippen LogP contribution in [0.5, 0.6) is 0 Å². The zero-order valence-electron chi connectivity index (χ0n) is 17.6. The molecular weight excluding hydrogens is 632 g/mol. The first-order valence-corrected chi connectivity index (χ1v) is 8.45. The molecule has 0 aliphatic heterocycles. The second-order valence-electron chi connectivity index (χ2n) is 1.87. The van der Waals surface area contributed by atoms with E-state index in [-0.39, 0.29) is 42.1 Å². The molecule has 0 nitrogen and oxygen atoms in total. The molecule has 0 spiro atoms. The van der Waals surface area contributed by atoms with E-state index in [0.29, 0.717) is 0 Å². The molecule has 0 fully saturated rings. The van der Waals surface area contributed by atoms with Crippen molar-refractivity contribution in [2.75, 3.05) is 0 Å². The fraction of sp³-hybridized carbons (Fsp3) is 0.455. The van der Waals surface area contributed by atoms with Crippen molar-refractivity contribution in [2.45, 2.75) is 69.2 Å².